The topological polar surface area (TPSA) is 40.5 Å². The second-order valence-corrected chi connectivity index (χ2v) is 5.43. The third kappa shape index (κ3) is 4.88. The minimum absolute atomic E-state index is 0.377. The molecule has 0 aromatic heterocycles. The largest absolute Gasteiger partial charge is 0.478 e. The van der Waals surface area contributed by atoms with Crippen molar-refractivity contribution in [1.29, 1.82) is 0 Å². The Hall–Kier alpha value is -1.35. The van der Waals surface area contributed by atoms with Gasteiger partial charge in [-0.1, -0.05) is 19.9 Å². The van der Waals surface area contributed by atoms with Gasteiger partial charge in [0.25, 0.3) is 0 Å². The zero-order chi connectivity index (χ0) is 13.7. The van der Waals surface area contributed by atoms with Crippen LogP contribution in [0.1, 0.15) is 41.8 Å². The second-order valence-electron chi connectivity index (χ2n) is 5.43. The molecule has 1 aromatic rings. The zero-order valence-corrected chi connectivity index (χ0v) is 11.7. The maximum atomic E-state index is 11.0. The lowest BCUT2D eigenvalue weighted by Crippen LogP contribution is -2.20. The molecule has 0 radical (unpaired) electrons. The molecule has 0 atom stereocenters. The van der Waals surface area contributed by atoms with Crippen molar-refractivity contribution in [3.63, 3.8) is 0 Å². The van der Waals surface area contributed by atoms with Gasteiger partial charge >= 0.3 is 5.97 Å². The summed E-state index contributed by atoms with van der Waals surface area (Å²) in [5, 5.41) is 9.03. The molecule has 0 bridgehead atoms. The van der Waals surface area contributed by atoms with E-state index in [0.29, 0.717) is 11.5 Å². The van der Waals surface area contributed by atoms with Gasteiger partial charge in [0.2, 0.25) is 0 Å². The number of rotatable bonds is 6. The molecule has 0 aliphatic heterocycles. The van der Waals surface area contributed by atoms with Crippen LogP contribution in [0.5, 0.6) is 0 Å². The summed E-state index contributed by atoms with van der Waals surface area (Å²) < 4.78 is 0. The Kier molecular flexibility index (Phi) is 5.35. The lowest BCUT2D eigenvalue weighted by Gasteiger charge is -2.18. The molecule has 1 rings (SSSR count). The molecule has 0 aliphatic carbocycles. The summed E-state index contributed by atoms with van der Waals surface area (Å²) in [6, 6.07) is 5.53. The third-order valence-corrected chi connectivity index (χ3v) is 2.92. The average molecular weight is 249 g/mol. The number of hydrogen-bond acceptors (Lipinski definition) is 2. The predicted molar refractivity (Wildman–Crippen MR) is 73.9 cm³/mol. The predicted octanol–water partition coefficient (Wildman–Crippen LogP) is 3.17. The Morgan fingerprint density at radius 2 is 2.00 bits per heavy atom. The molecule has 0 spiro atoms. The molecule has 18 heavy (non-hydrogen) atoms. The van der Waals surface area contributed by atoms with Crippen LogP contribution in [-0.2, 0) is 6.54 Å². The number of carboxylic acid groups (broad SMARTS) is 1. The fourth-order valence-electron chi connectivity index (χ4n) is 1.95. The van der Waals surface area contributed by atoms with E-state index in [-0.39, 0.29) is 0 Å². The highest BCUT2D eigenvalue weighted by Crippen LogP contribution is 2.12. The Balaban J connectivity index is 2.69. The van der Waals surface area contributed by atoms with Crippen molar-refractivity contribution in [3.8, 4) is 0 Å². The first kappa shape index (κ1) is 14.7. The van der Waals surface area contributed by atoms with Gasteiger partial charge in [0.1, 0.15) is 0 Å². The zero-order valence-electron chi connectivity index (χ0n) is 11.7. The minimum atomic E-state index is -0.857. The van der Waals surface area contributed by atoms with E-state index in [0.717, 1.165) is 30.6 Å². The average Bonchev–Trinajstić information content (AvgIpc) is 2.25. The molecule has 0 amide bonds. The van der Waals surface area contributed by atoms with Gasteiger partial charge in [0.15, 0.2) is 0 Å². The van der Waals surface area contributed by atoms with Crippen LogP contribution in [0.2, 0.25) is 0 Å². The van der Waals surface area contributed by atoms with Crippen LogP contribution in [0.15, 0.2) is 18.2 Å². The molecule has 3 heteroatoms. The summed E-state index contributed by atoms with van der Waals surface area (Å²) in [4.78, 5) is 13.2. The smallest absolute Gasteiger partial charge is 0.335 e. The number of hydrogen-bond donors (Lipinski definition) is 1. The fourth-order valence-corrected chi connectivity index (χ4v) is 1.95. The Bertz CT molecular complexity index is 413. The maximum Gasteiger partial charge on any atom is 0.335 e. The van der Waals surface area contributed by atoms with Gasteiger partial charge in [0.05, 0.1) is 5.56 Å². The van der Waals surface area contributed by atoms with Crippen LogP contribution in [0.25, 0.3) is 0 Å². The maximum absolute atomic E-state index is 11.0. The summed E-state index contributed by atoms with van der Waals surface area (Å²) in [7, 11) is 2.07. The van der Waals surface area contributed by atoms with Crippen molar-refractivity contribution in [2.75, 3.05) is 13.6 Å². The molecule has 1 aromatic carbocycles. The summed E-state index contributed by atoms with van der Waals surface area (Å²) >= 11 is 0. The first-order valence-corrected chi connectivity index (χ1v) is 6.41. The highest BCUT2D eigenvalue weighted by atomic mass is 16.4. The lowest BCUT2D eigenvalue weighted by molar-refractivity contribution is 0.0696. The number of benzene rings is 1. The van der Waals surface area contributed by atoms with Crippen LogP contribution in [-0.4, -0.2) is 29.6 Å². The number of aromatic carboxylic acids is 1. The molecule has 3 nitrogen and oxygen atoms in total. The summed E-state index contributed by atoms with van der Waals surface area (Å²) in [5.74, 6) is -0.163. The van der Waals surface area contributed by atoms with Crippen molar-refractivity contribution in [2.45, 2.75) is 33.7 Å². The third-order valence-electron chi connectivity index (χ3n) is 2.92. The van der Waals surface area contributed by atoms with E-state index in [1.165, 1.54) is 0 Å². The Morgan fingerprint density at radius 3 is 2.56 bits per heavy atom. The normalized spacial score (nSPS) is 11.2. The molecule has 100 valence electrons. The van der Waals surface area contributed by atoms with Gasteiger partial charge < -0.3 is 10.0 Å². The number of nitrogens with zero attached hydrogens (tertiary/aromatic N) is 1. The van der Waals surface area contributed by atoms with Gasteiger partial charge in [-0.2, -0.15) is 0 Å². The van der Waals surface area contributed by atoms with Crippen molar-refractivity contribution in [3.05, 3.63) is 34.9 Å². The van der Waals surface area contributed by atoms with Gasteiger partial charge in [-0.25, -0.2) is 4.79 Å². The standard InChI is InChI=1S/C15H23NO2/c1-11(2)5-6-16(4)10-13-7-12(3)8-14(9-13)15(17)18/h7-9,11H,5-6,10H2,1-4H3,(H,17,18). The van der Waals surface area contributed by atoms with E-state index in [9.17, 15) is 4.79 Å². The number of carboxylic acids is 1. The fraction of sp³-hybridized carbons (Fsp3) is 0.533. The highest BCUT2D eigenvalue weighted by Gasteiger charge is 2.07. The van der Waals surface area contributed by atoms with Crippen LogP contribution in [0, 0.1) is 12.8 Å². The molecule has 0 saturated heterocycles. The van der Waals surface area contributed by atoms with Gasteiger partial charge in [0, 0.05) is 6.54 Å². The first-order valence-electron chi connectivity index (χ1n) is 6.41. The Morgan fingerprint density at radius 1 is 1.33 bits per heavy atom. The SMILES string of the molecule is Cc1cc(CN(C)CCC(C)C)cc(C(=O)O)c1. The minimum Gasteiger partial charge on any atom is -0.478 e. The van der Waals surface area contributed by atoms with Crippen molar-refractivity contribution >= 4 is 5.97 Å². The van der Waals surface area contributed by atoms with Gasteiger partial charge in [-0.15, -0.1) is 0 Å². The summed E-state index contributed by atoms with van der Waals surface area (Å²) in [6.45, 7) is 8.19. The molecule has 0 unspecified atom stereocenters. The molecular weight excluding hydrogens is 226 g/mol. The van der Waals surface area contributed by atoms with Crippen LogP contribution < -0.4 is 0 Å². The van der Waals surface area contributed by atoms with Gasteiger partial charge in [-0.3, -0.25) is 0 Å². The lowest BCUT2D eigenvalue weighted by atomic mass is 10.1. The monoisotopic (exact) mass is 249 g/mol. The van der Waals surface area contributed by atoms with E-state index in [2.05, 4.69) is 31.9 Å². The van der Waals surface area contributed by atoms with E-state index >= 15 is 0 Å². The van der Waals surface area contributed by atoms with Crippen molar-refractivity contribution in [2.24, 2.45) is 5.92 Å². The molecule has 0 heterocycles. The van der Waals surface area contributed by atoms with Crippen LogP contribution >= 0.6 is 0 Å². The number of aryl methyl sites for hydroxylation is 1. The molecule has 0 fully saturated rings. The van der Waals surface area contributed by atoms with Crippen molar-refractivity contribution in [1.82, 2.24) is 4.90 Å². The van der Waals surface area contributed by atoms with E-state index in [4.69, 9.17) is 5.11 Å². The molecule has 0 aliphatic rings. The van der Waals surface area contributed by atoms with E-state index in [1.807, 2.05) is 6.92 Å². The quantitative estimate of drug-likeness (QED) is 0.841. The van der Waals surface area contributed by atoms with Gasteiger partial charge in [-0.05, 0) is 56.1 Å². The molecular formula is C15H23NO2. The molecule has 0 saturated carbocycles. The second kappa shape index (κ2) is 6.55. The summed E-state index contributed by atoms with van der Waals surface area (Å²) in [5.41, 5.74) is 2.45. The van der Waals surface area contributed by atoms with E-state index in [1.54, 1.807) is 12.1 Å². The van der Waals surface area contributed by atoms with Crippen LogP contribution in [0.3, 0.4) is 0 Å². The summed E-state index contributed by atoms with van der Waals surface area (Å²) in [6.07, 6.45) is 1.16. The first-order chi connectivity index (χ1) is 8.38. The Labute approximate surface area is 109 Å². The van der Waals surface area contributed by atoms with Crippen LogP contribution in [0.4, 0.5) is 0 Å². The number of carbonyl (C=O) groups is 1. The molecule has 1 N–H and O–H groups in total. The van der Waals surface area contributed by atoms with E-state index < -0.39 is 5.97 Å². The highest BCUT2D eigenvalue weighted by molar-refractivity contribution is 5.88. The van der Waals surface area contributed by atoms with Crippen molar-refractivity contribution < 1.29 is 9.90 Å².